The van der Waals surface area contributed by atoms with Crippen molar-refractivity contribution < 1.29 is 19.1 Å². The molecule has 1 aromatic heterocycles. The lowest BCUT2D eigenvalue weighted by Gasteiger charge is -2.58. The number of piperazine rings is 1. The van der Waals surface area contributed by atoms with Gasteiger partial charge in [-0.05, 0) is 60.9 Å². The van der Waals surface area contributed by atoms with Crippen molar-refractivity contribution in [2.45, 2.75) is 25.4 Å². The summed E-state index contributed by atoms with van der Waals surface area (Å²) in [5.74, 6) is -0.243. The van der Waals surface area contributed by atoms with Gasteiger partial charge in [0.15, 0.2) is 6.29 Å². The average Bonchev–Trinajstić information content (AvgIpc) is 3.02. The molecule has 0 unspecified atom stereocenters. The van der Waals surface area contributed by atoms with E-state index in [0.29, 0.717) is 54.1 Å². The number of hydrazone groups is 1. The van der Waals surface area contributed by atoms with Crippen LogP contribution in [0.3, 0.4) is 0 Å². The number of nitriles is 1. The fraction of sp³-hybridized carbons (Fsp3) is 0.364. The Labute approximate surface area is 255 Å². The van der Waals surface area contributed by atoms with E-state index in [-0.39, 0.29) is 29.4 Å². The lowest BCUT2D eigenvalue weighted by molar-refractivity contribution is -0.0491. The summed E-state index contributed by atoms with van der Waals surface area (Å²) in [6, 6.07) is 15.7. The smallest absolute Gasteiger partial charge is 0.256 e. The first-order valence-electron chi connectivity index (χ1n) is 14.8. The van der Waals surface area contributed by atoms with E-state index in [1.165, 1.54) is 12.3 Å². The van der Waals surface area contributed by atoms with Crippen molar-refractivity contribution in [3.63, 3.8) is 0 Å². The van der Waals surface area contributed by atoms with Crippen LogP contribution in [0.15, 0.2) is 59.8 Å². The van der Waals surface area contributed by atoms with Crippen molar-refractivity contribution in [3.05, 3.63) is 88.4 Å². The van der Waals surface area contributed by atoms with Crippen molar-refractivity contribution in [1.82, 2.24) is 15.3 Å². The Bertz CT molecular complexity index is 1630. The summed E-state index contributed by atoms with van der Waals surface area (Å²) in [6.07, 6.45) is 4.05. The van der Waals surface area contributed by atoms with E-state index in [1.807, 2.05) is 17.0 Å². The van der Waals surface area contributed by atoms with Gasteiger partial charge in [-0.2, -0.15) is 10.4 Å². The predicted octanol–water partition coefficient (Wildman–Crippen LogP) is 2.99. The number of amides is 1. The minimum absolute atomic E-state index is 0.00539. The first kappa shape index (κ1) is 29.3. The van der Waals surface area contributed by atoms with Gasteiger partial charge in [0.05, 0.1) is 22.9 Å². The van der Waals surface area contributed by atoms with E-state index >= 15 is 4.39 Å². The molecule has 0 radical (unpaired) electrons. The van der Waals surface area contributed by atoms with Gasteiger partial charge in [-0.15, -0.1) is 0 Å². The van der Waals surface area contributed by atoms with Crippen LogP contribution in [0.1, 0.15) is 50.2 Å². The van der Waals surface area contributed by atoms with Crippen molar-refractivity contribution in [2.24, 2.45) is 10.5 Å². The molecule has 10 nitrogen and oxygen atoms in total. The van der Waals surface area contributed by atoms with Crippen LogP contribution in [0, 0.1) is 22.6 Å². The number of rotatable bonds is 8. The quantitative estimate of drug-likeness (QED) is 0.231. The highest BCUT2D eigenvalue weighted by Crippen LogP contribution is 2.49. The summed E-state index contributed by atoms with van der Waals surface area (Å²) in [6.45, 7) is 3.61. The maximum atomic E-state index is 15.0. The van der Waals surface area contributed by atoms with E-state index in [4.69, 9.17) is 5.26 Å². The Hall–Kier alpha value is -4.82. The molecule has 3 heterocycles. The number of benzene rings is 2. The van der Waals surface area contributed by atoms with Gasteiger partial charge in [0.25, 0.3) is 5.91 Å². The lowest BCUT2D eigenvalue weighted by Crippen LogP contribution is -2.63. The fourth-order valence-corrected chi connectivity index (χ4v) is 6.56. The number of carbonyl (C=O) groups excluding carboxylic acids is 2. The molecule has 2 aromatic carbocycles. The average molecular weight is 596 g/mol. The van der Waals surface area contributed by atoms with Gasteiger partial charge in [0, 0.05) is 81.2 Å². The fourth-order valence-electron chi connectivity index (χ4n) is 6.56. The van der Waals surface area contributed by atoms with Gasteiger partial charge in [0.1, 0.15) is 17.7 Å². The maximum absolute atomic E-state index is 15.0. The largest absolute Gasteiger partial charge is 0.393 e. The Balaban J connectivity index is 1.17. The molecule has 2 saturated heterocycles. The molecule has 2 N–H and O–H groups in total. The summed E-state index contributed by atoms with van der Waals surface area (Å²) in [5, 5.41) is 23.3. The number of aliphatic hydroxyl groups is 1. The molecule has 1 spiro atoms. The highest BCUT2D eigenvalue weighted by atomic mass is 19.1. The van der Waals surface area contributed by atoms with Crippen LogP contribution in [-0.2, 0) is 6.42 Å². The van der Waals surface area contributed by atoms with Gasteiger partial charge in [-0.3, -0.25) is 9.59 Å². The molecule has 0 atom stereocenters. The van der Waals surface area contributed by atoms with Crippen LogP contribution in [0.25, 0.3) is 0 Å². The molecule has 11 heteroatoms. The summed E-state index contributed by atoms with van der Waals surface area (Å²) in [7, 11) is 1.68. The highest BCUT2D eigenvalue weighted by molar-refractivity contribution is 6.08. The second-order valence-corrected chi connectivity index (χ2v) is 11.9. The Morgan fingerprint density at radius 1 is 1.11 bits per heavy atom. The summed E-state index contributed by atoms with van der Waals surface area (Å²) >= 11 is 0. The Kier molecular flexibility index (Phi) is 8.01. The van der Waals surface area contributed by atoms with E-state index in [0.717, 1.165) is 43.7 Å². The molecule has 226 valence electrons. The van der Waals surface area contributed by atoms with Crippen molar-refractivity contribution in [3.8, 4) is 6.07 Å². The van der Waals surface area contributed by atoms with E-state index in [2.05, 4.69) is 26.5 Å². The maximum Gasteiger partial charge on any atom is 0.256 e. The minimum atomic E-state index is -0.592. The third-order valence-electron chi connectivity index (χ3n) is 8.88. The minimum Gasteiger partial charge on any atom is -0.393 e. The molecule has 3 aromatic rings. The molecular weight excluding hydrogens is 561 g/mol. The van der Waals surface area contributed by atoms with Gasteiger partial charge >= 0.3 is 0 Å². The molecular formula is C33H34FN7O3. The van der Waals surface area contributed by atoms with Crippen molar-refractivity contribution >= 4 is 29.4 Å². The number of halogens is 1. The number of anilines is 2. The number of nitrogens with zero attached hydrogens (tertiary/aromatic N) is 6. The third-order valence-corrected chi connectivity index (χ3v) is 8.88. The molecule has 2 aliphatic heterocycles. The predicted molar refractivity (Wildman–Crippen MR) is 164 cm³/mol. The monoisotopic (exact) mass is 595 g/mol. The van der Waals surface area contributed by atoms with Crippen LogP contribution in [0.2, 0.25) is 0 Å². The Morgan fingerprint density at radius 2 is 1.89 bits per heavy atom. The van der Waals surface area contributed by atoms with Crippen LogP contribution in [-0.4, -0.2) is 85.3 Å². The van der Waals surface area contributed by atoms with Gasteiger partial charge in [0.2, 0.25) is 0 Å². The number of pyridine rings is 1. The molecule has 6 rings (SSSR count). The van der Waals surface area contributed by atoms with E-state index in [1.54, 1.807) is 42.3 Å². The van der Waals surface area contributed by atoms with Crippen LogP contribution in [0.5, 0.6) is 0 Å². The topological polar surface area (TPSA) is 125 Å². The standard InChI is InChI=1S/C33H34FN7O3/c1-36-38-30(27-14-25(5-4-24(27)19-42)41-20-33(21-41)15-26(43)16-33)13-22-2-6-29(34)28(12-22)32(44)40-10-8-39(9-11-40)31-7-3-23(17-35)18-37-31/h2-7,12,14,18-19,26,36,43H,8-11,13,15-16,20-21H2,1H3/b38-30-. The lowest BCUT2D eigenvalue weighted by atomic mass is 9.62. The van der Waals surface area contributed by atoms with Crippen LogP contribution < -0.4 is 15.2 Å². The van der Waals surface area contributed by atoms with Crippen LogP contribution in [0.4, 0.5) is 15.9 Å². The second kappa shape index (κ2) is 12.1. The zero-order valence-electron chi connectivity index (χ0n) is 24.5. The molecule has 3 fully saturated rings. The number of nitrogens with one attached hydrogen (secondary N) is 1. The zero-order chi connectivity index (χ0) is 30.8. The van der Waals surface area contributed by atoms with Gasteiger partial charge in [-0.25, -0.2) is 9.37 Å². The first-order valence-corrected chi connectivity index (χ1v) is 14.8. The first-order chi connectivity index (χ1) is 21.3. The van der Waals surface area contributed by atoms with E-state index < -0.39 is 5.82 Å². The third kappa shape index (κ3) is 5.73. The molecule has 3 aliphatic rings. The number of hydrogen-bond acceptors (Lipinski definition) is 9. The number of aliphatic hydroxyl groups excluding tert-OH is 1. The molecule has 44 heavy (non-hydrogen) atoms. The number of carbonyl (C=O) groups is 2. The van der Waals surface area contributed by atoms with E-state index in [9.17, 15) is 14.7 Å². The van der Waals surface area contributed by atoms with Gasteiger partial charge in [-0.1, -0.05) is 6.07 Å². The molecule has 1 amide bonds. The summed E-state index contributed by atoms with van der Waals surface area (Å²) in [4.78, 5) is 35.7. The number of aldehydes is 1. The molecule has 0 bridgehead atoms. The summed E-state index contributed by atoms with van der Waals surface area (Å²) in [5.41, 5.74) is 6.93. The SMILES string of the molecule is CN/N=C(/Cc1ccc(F)c(C(=O)N2CCN(c3ccc(C#N)cn3)CC2)c1)c1cc(N2CC3(CC(O)C3)C2)ccc1C=O. The van der Waals surface area contributed by atoms with Crippen molar-refractivity contribution in [1.29, 1.82) is 5.26 Å². The molecule has 1 aliphatic carbocycles. The van der Waals surface area contributed by atoms with Crippen LogP contribution >= 0.6 is 0 Å². The number of aromatic nitrogens is 1. The highest BCUT2D eigenvalue weighted by Gasteiger charge is 2.52. The molecule has 1 saturated carbocycles. The second-order valence-electron chi connectivity index (χ2n) is 11.9. The summed E-state index contributed by atoms with van der Waals surface area (Å²) < 4.78 is 15.0. The Morgan fingerprint density at radius 3 is 2.52 bits per heavy atom. The zero-order valence-corrected chi connectivity index (χ0v) is 24.5. The normalized spacial score (nSPS) is 18.0. The number of hydrogen-bond donors (Lipinski definition) is 2. The van der Waals surface area contributed by atoms with Crippen molar-refractivity contribution in [2.75, 3.05) is 56.1 Å². The van der Waals surface area contributed by atoms with Gasteiger partial charge < -0.3 is 25.2 Å².